The van der Waals surface area contributed by atoms with E-state index in [1.807, 2.05) is 0 Å². The molecule has 15 heavy (non-hydrogen) atoms. The first-order chi connectivity index (χ1) is 7.40. The van der Waals surface area contributed by atoms with Crippen molar-refractivity contribution < 1.29 is 9.47 Å². The summed E-state index contributed by atoms with van der Waals surface area (Å²) in [5.74, 6) is 0. The van der Waals surface area contributed by atoms with Gasteiger partial charge in [-0.05, 0) is 24.0 Å². The van der Waals surface area contributed by atoms with Gasteiger partial charge in [-0.1, -0.05) is 30.7 Å². The Morgan fingerprint density at radius 3 is 2.20 bits per heavy atom. The van der Waals surface area contributed by atoms with Crippen molar-refractivity contribution in [3.8, 4) is 23.7 Å². The predicted octanol–water partition coefficient (Wildman–Crippen LogP) is 2.79. The second kappa shape index (κ2) is 4.86. The molecular weight excluding hydrogens is 188 g/mol. The van der Waals surface area contributed by atoms with Crippen LogP contribution in [0.25, 0.3) is 11.1 Å². The van der Waals surface area contributed by atoms with Crippen LogP contribution in [0.15, 0.2) is 24.3 Å². The van der Waals surface area contributed by atoms with E-state index in [1.54, 1.807) is 0 Å². The summed E-state index contributed by atoms with van der Waals surface area (Å²) in [5, 5.41) is 0. The van der Waals surface area contributed by atoms with E-state index in [-0.39, 0.29) is 6.29 Å². The number of rotatable bonds is 1. The molecule has 0 bridgehead atoms. The molecule has 0 aromatic rings. The molecule has 78 valence electrons. The second-order valence-electron chi connectivity index (χ2n) is 3.61. The summed E-state index contributed by atoms with van der Waals surface area (Å²) in [7, 11) is 0. The SMILES string of the molecule is C#COC1CCCCO1.c1cc2ccc1-2. The van der Waals surface area contributed by atoms with Crippen molar-refractivity contribution >= 4 is 0 Å². The summed E-state index contributed by atoms with van der Waals surface area (Å²) in [5.41, 5.74) is 2.85. The summed E-state index contributed by atoms with van der Waals surface area (Å²) in [4.78, 5) is 0. The highest BCUT2D eigenvalue weighted by Gasteiger charge is 2.12. The maximum Gasteiger partial charge on any atom is 0.210 e. The van der Waals surface area contributed by atoms with Gasteiger partial charge >= 0.3 is 0 Å². The van der Waals surface area contributed by atoms with Gasteiger partial charge in [0, 0.05) is 6.42 Å². The Hall–Kier alpha value is -1.46. The van der Waals surface area contributed by atoms with Crippen LogP contribution < -0.4 is 0 Å². The number of hydrogen-bond donors (Lipinski definition) is 0. The summed E-state index contributed by atoms with van der Waals surface area (Å²) in [6, 6.07) is 8.48. The number of benzene rings is 1. The molecule has 0 aromatic carbocycles. The minimum absolute atomic E-state index is 0.135. The molecule has 1 fully saturated rings. The lowest BCUT2D eigenvalue weighted by Crippen LogP contribution is -2.20. The van der Waals surface area contributed by atoms with Crippen molar-refractivity contribution in [1.82, 2.24) is 0 Å². The van der Waals surface area contributed by atoms with Gasteiger partial charge in [0.15, 0.2) is 0 Å². The van der Waals surface area contributed by atoms with Gasteiger partial charge in [0.05, 0.1) is 6.61 Å². The third kappa shape index (κ3) is 2.51. The lowest BCUT2D eigenvalue weighted by Gasteiger charge is -2.19. The first kappa shape index (κ1) is 10.1. The predicted molar refractivity (Wildman–Crippen MR) is 58.9 cm³/mol. The fourth-order valence-electron chi connectivity index (χ4n) is 1.54. The van der Waals surface area contributed by atoms with Crippen LogP contribution in [-0.2, 0) is 9.47 Å². The minimum Gasteiger partial charge on any atom is -0.415 e. The highest BCUT2D eigenvalue weighted by Crippen LogP contribution is 2.29. The van der Waals surface area contributed by atoms with Gasteiger partial charge in [-0.2, -0.15) is 0 Å². The molecule has 1 atom stereocenters. The van der Waals surface area contributed by atoms with E-state index < -0.39 is 0 Å². The molecule has 1 unspecified atom stereocenters. The average molecular weight is 202 g/mol. The highest BCUT2D eigenvalue weighted by atomic mass is 16.7. The summed E-state index contributed by atoms with van der Waals surface area (Å²) < 4.78 is 9.94. The lowest BCUT2D eigenvalue weighted by atomic mass is 9.95. The Balaban J connectivity index is 0.000000121. The van der Waals surface area contributed by atoms with E-state index in [2.05, 4.69) is 30.4 Å². The van der Waals surface area contributed by atoms with Crippen LogP contribution in [-0.4, -0.2) is 12.9 Å². The molecule has 0 radical (unpaired) electrons. The normalized spacial score (nSPS) is 20.6. The van der Waals surface area contributed by atoms with Crippen molar-refractivity contribution in [1.29, 1.82) is 0 Å². The van der Waals surface area contributed by atoms with Crippen molar-refractivity contribution in [2.75, 3.05) is 6.61 Å². The minimum atomic E-state index is -0.135. The molecular formula is C13H14O2. The number of terminal acetylenes is 1. The zero-order valence-corrected chi connectivity index (χ0v) is 8.61. The molecule has 2 aliphatic carbocycles. The number of ether oxygens (including phenoxy) is 2. The van der Waals surface area contributed by atoms with E-state index in [9.17, 15) is 0 Å². The molecule has 0 amide bonds. The summed E-state index contributed by atoms with van der Waals surface area (Å²) in [6.45, 7) is 0.784. The van der Waals surface area contributed by atoms with Crippen LogP contribution in [0.2, 0.25) is 0 Å². The molecule has 0 N–H and O–H groups in total. The Morgan fingerprint density at radius 2 is 1.87 bits per heavy atom. The Kier molecular flexibility index (Phi) is 3.26. The third-order valence-electron chi connectivity index (χ3n) is 2.56. The lowest BCUT2D eigenvalue weighted by molar-refractivity contribution is -0.121. The summed E-state index contributed by atoms with van der Waals surface area (Å²) in [6.07, 6.45) is 10.1. The average Bonchev–Trinajstić information content (AvgIpc) is 2.26. The van der Waals surface area contributed by atoms with Crippen molar-refractivity contribution in [3.63, 3.8) is 0 Å². The zero-order valence-electron chi connectivity index (χ0n) is 8.61. The second-order valence-corrected chi connectivity index (χ2v) is 3.61. The van der Waals surface area contributed by atoms with Crippen LogP contribution in [0.5, 0.6) is 0 Å². The van der Waals surface area contributed by atoms with E-state index in [0.717, 1.165) is 25.9 Å². The monoisotopic (exact) mass is 202 g/mol. The van der Waals surface area contributed by atoms with Crippen LogP contribution in [0.4, 0.5) is 0 Å². The topological polar surface area (TPSA) is 18.5 Å². The molecule has 3 rings (SSSR count). The molecule has 0 aromatic heterocycles. The number of hydrogen-bond acceptors (Lipinski definition) is 2. The standard InChI is InChI=1S/C7H10O2.C6H4/c1-2-8-7-5-3-4-6-9-7;1-2-6-4-3-5(1)6/h1,7H,3-6H2;1-4H. The molecule has 2 heteroatoms. The van der Waals surface area contributed by atoms with Gasteiger partial charge in [-0.25, -0.2) is 0 Å². The molecule has 2 nitrogen and oxygen atoms in total. The fourth-order valence-corrected chi connectivity index (χ4v) is 1.54. The molecule has 1 aliphatic heterocycles. The fraction of sp³-hybridized carbons (Fsp3) is 0.385. The van der Waals surface area contributed by atoms with E-state index in [4.69, 9.17) is 15.9 Å². The smallest absolute Gasteiger partial charge is 0.210 e. The van der Waals surface area contributed by atoms with Crippen molar-refractivity contribution in [2.24, 2.45) is 0 Å². The summed E-state index contributed by atoms with van der Waals surface area (Å²) >= 11 is 0. The van der Waals surface area contributed by atoms with Gasteiger partial charge in [-0.15, -0.1) is 0 Å². The van der Waals surface area contributed by atoms with Gasteiger partial charge in [0.1, 0.15) is 6.11 Å². The highest BCUT2D eigenvalue weighted by molar-refractivity contribution is 5.75. The van der Waals surface area contributed by atoms with Crippen molar-refractivity contribution in [2.45, 2.75) is 25.6 Å². The van der Waals surface area contributed by atoms with E-state index in [0.29, 0.717) is 0 Å². The maximum atomic E-state index is 5.15. The van der Waals surface area contributed by atoms with Gasteiger partial charge in [-0.3, -0.25) is 0 Å². The van der Waals surface area contributed by atoms with E-state index in [1.165, 1.54) is 11.1 Å². The molecule has 3 aliphatic rings. The molecule has 0 spiro atoms. The van der Waals surface area contributed by atoms with Crippen LogP contribution in [0.3, 0.4) is 0 Å². The number of fused-ring (bicyclic) bond motifs is 1. The molecule has 1 heterocycles. The Bertz CT molecular complexity index is 321. The first-order valence-corrected chi connectivity index (χ1v) is 5.23. The Labute approximate surface area is 90.2 Å². The largest absolute Gasteiger partial charge is 0.415 e. The zero-order chi connectivity index (χ0) is 10.5. The third-order valence-corrected chi connectivity index (χ3v) is 2.56. The first-order valence-electron chi connectivity index (χ1n) is 5.23. The van der Waals surface area contributed by atoms with Crippen LogP contribution >= 0.6 is 0 Å². The van der Waals surface area contributed by atoms with Crippen LogP contribution in [0.1, 0.15) is 19.3 Å². The van der Waals surface area contributed by atoms with Crippen molar-refractivity contribution in [3.05, 3.63) is 24.3 Å². The molecule has 0 saturated carbocycles. The van der Waals surface area contributed by atoms with Crippen LogP contribution in [0, 0.1) is 12.5 Å². The molecule has 1 saturated heterocycles. The Morgan fingerprint density at radius 1 is 1.20 bits per heavy atom. The van der Waals surface area contributed by atoms with Gasteiger partial charge in [0.2, 0.25) is 6.29 Å². The maximum absolute atomic E-state index is 5.15. The van der Waals surface area contributed by atoms with Gasteiger partial charge in [0.25, 0.3) is 0 Å². The quantitative estimate of drug-likeness (QED) is 0.662. The van der Waals surface area contributed by atoms with E-state index >= 15 is 0 Å². The van der Waals surface area contributed by atoms with Gasteiger partial charge < -0.3 is 9.47 Å².